The summed E-state index contributed by atoms with van der Waals surface area (Å²) in [4.78, 5) is 12.1. The van der Waals surface area contributed by atoms with E-state index in [2.05, 4.69) is 5.32 Å². The van der Waals surface area contributed by atoms with Crippen molar-refractivity contribution in [1.82, 2.24) is 9.62 Å². The number of ether oxygens (including phenoxy) is 1. The number of amides is 1. The third kappa shape index (κ3) is 7.44. The Labute approximate surface area is 151 Å². The number of sulfonamides is 1. The molecule has 0 bridgehead atoms. The van der Waals surface area contributed by atoms with E-state index < -0.39 is 10.0 Å². The lowest BCUT2D eigenvalue weighted by Gasteiger charge is -2.22. The van der Waals surface area contributed by atoms with E-state index in [0.717, 1.165) is 25.7 Å². The number of hydrogen-bond donors (Lipinski definition) is 1. The summed E-state index contributed by atoms with van der Waals surface area (Å²) in [7, 11) is -1.83. The highest BCUT2D eigenvalue weighted by molar-refractivity contribution is 7.89. The van der Waals surface area contributed by atoms with Gasteiger partial charge in [0.05, 0.1) is 12.9 Å². The first-order valence-corrected chi connectivity index (χ1v) is 10.5. The van der Waals surface area contributed by atoms with Gasteiger partial charge in [0.2, 0.25) is 10.0 Å². The molecule has 1 amide bonds. The predicted octanol–water partition coefficient (Wildman–Crippen LogP) is 2.66. The second-order valence-corrected chi connectivity index (χ2v) is 8.00. The summed E-state index contributed by atoms with van der Waals surface area (Å²) in [6.07, 6.45) is 3.59. The molecule has 1 rings (SSSR count). The molecule has 142 valence electrons. The third-order valence-electron chi connectivity index (χ3n) is 3.89. The van der Waals surface area contributed by atoms with E-state index in [1.807, 2.05) is 13.8 Å². The molecule has 0 fully saturated rings. The molecule has 7 heteroatoms. The van der Waals surface area contributed by atoms with Gasteiger partial charge in [-0.05, 0) is 31.0 Å². The Hall–Kier alpha value is -1.60. The zero-order chi connectivity index (χ0) is 18.7. The van der Waals surface area contributed by atoms with E-state index in [1.165, 1.54) is 7.11 Å². The highest BCUT2D eigenvalue weighted by Gasteiger charge is 2.21. The quantitative estimate of drug-likeness (QED) is 0.614. The van der Waals surface area contributed by atoms with Gasteiger partial charge in [0, 0.05) is 25.2 Å². The van der Waals surface area contributed by atoms with Gasteiger partial charge >= 0.3 is 0 Å². The fourth-order valence-corrected chi connectivity index (χ4v) is 3.78. The van der Waals surface area contributed by atoms with Crippen LogP contribution in [0, 0.1) is 0 Å². The molecule has 1 aromatic carbocycles. The SMILES string of the molecule is CCCCN(CCCC)S(=O)(=O)CCNC(=O)c1cccc(OC)c1. The topological polar surface area (TPSA) is 75.7 Å². The lowest BCUT2D eigenvalue weighted by atomic mass is 10.2. The molecule has 0 aliphatic rings. The van der Waals surface area contributed by atoms with Gasteiger partial charge in [-0.2, -0.15) is 0 Å². The van der Waals surface area contributed by atoms with Crippen molar-refractivity contribution in [3.8, 4) is 5.75 Å². The van der Waals surface area contributed by atoms with Gasteiger partial charge in [0.25, 0.3) is 5.91 Å². The highest BCUT2D eigenvalue weighted by atomic mass is 32.2. The van der Waals surface area contributed by atoms with E-state index in [9.17, 15) is 13.2 Å². The van der Waals surface area contributed by atoms with Gasteiger partial charge in [-0.15, -0.1) is 0 Å². The molecular formula is C18H30N2O4S. The summed E-state index contributed by atoms with van der Waals surface area (Å²) in [5, 5.41) is 2.67. The monoisotopic (exact) mass is 370 g/mol. The van der Waals surface area contributed by atoms with Crippen molar-refractivity contribution in [2.24, 2.45) is 0 Å². The Bertz CT molecular complexity index is 624. The standard InChI is InChI=1S/C18H30N2O4S/c1-4-6-12-20(13-7-5-2)25(22,23)14-11-19-18(21)16-9-8-10-17(15-16)24-3/h8-10,15H,4-7,11-14H2,1-3H3,(H,19,21). The molecule has 0 unspecified atom stereocenters. The Balaban J connectivity index is 2.59. The van der Waals surface area contributed by atoms with Crippen LogP contribution in [-0.4, -0.2) is 51.1 Å². The first-order valence-electron chi connectivity index (χ1n) is 8.84. The van der Waals surface area contributed by atoms with E-state index in [4.69, 9.17) is 4.74 Å². The molecule has 1 aromatic rings. The minimum absolute atomic E-state index is 0.0872. The smallest absolute Gasteiger partial charge is 0.251 e. The van der Waals surface area contributed by atoms with Crippen LogP contribution in [0.25, 0.3) is 0 Å². The number of rotatable bonds is 12. The van der Waals surface area contributed by atoms with Gasteiger partial charge < -0.3 is 10.1 Å². The molecule has 0 atom stereocenters. The summed E-state index contributed by atoms with van der Waals surface area (Å²) >= 11 is 0. The Morgan fingerprint density at radius 3 is 2.36 bits per heavy atom. The second kappa shape index (κ2) is 11.1. The van der Waals surface area contributed by atoms with Crippen LogP contribution < -0.4 is 10.1 Å². The molecular weight excluding hydrogens is 340 g/mol. The largest absolute Gasteiger partial charge is 0.497 e. The number of carbonyl (C=O) groups is 1. The Morgan fingerprint density at radius 1 is 1.16 bits per heavy atom. The molecule has 1 N–H and O–H groups in total. The molecule has 0 spiro atoms. The lowest BCUT2D eigenvalue weighted by Crippen LogP contribution is -2.38. The zero-order valence-electron chi connectivity index (χ0n) is 15.5. The summed E-state index contributed by atoms with van der Waals surface area (Å²) in [5.41, 5.74) is 0.450. The first kappa shape index (κ1) is 21.4. The van der Waals surface area contributed by atoms with Gasteiger partial charge in [-0.1, -0.05) is 32.8 Å². The molecule has 0 saturated carbocycles. The van der Waals surface area contributed by atoms with E-state index >= 15 is 0 Å². The molecule has 0 heterocycles. The lowest BCUT2D eigenvalue weighted by molar-refractivity contribution is 0.0955. The average Bonchev–Trinajstić information content (AvgIpc) is 2.61. The molecule has 0 aliphatic carbocycles. The van der Waals surface area contributed by atoms with Gasteiger partial charge in [0.15, 0.2) is 0 Å². The summed E-state index contributed by atoms with van der Waals surface area (Å²) in [6.45, 7) is 5.26. The van der Waals surface area contributed by atoms with E-state index in [-0.39, 0.29) is 18.2 Å². The van der Waals surface area contributed by atoms with Crippen LogP contribution in [0.15, 0.2) is 24.3 Å². The minimum Gasteiger partial charge on any atom is -0.497 e. The second-order valence-electron chi connectivity index (χ2n) is 5.91. The summed E-state index contributed by atoms with van der Waals surface area (Å²) < 4.78 is 31.7. The highest BCUT2D eigenvalue weighted by Crippen LogP contribution is 2.12. The number of nitrogens with zero attached hydrogens (tertiary/aromatic N) is 1. The van der Waals surface area contributed by atoms with Crippen LogP contribution >= 0.6 is 0 Å². The van der Waals surface area contributed by atoms with Crippen LogP contribution in [-0.2, 0) is 10.0 Å². The molecule has 0 aliphatic heterocycles. The number of benzene rings is 1. The fourth-order valence-electron chi connectivity index (χ4n) is 2.35. The van der Waals surface area contributed by atoms with Crippen molar-refractivity contribution in [3.05, 3.63) is 29.8 Å². The maximum Gasteiger partial charge on any atom is 0.251 e. The maximum absolute atomic E-state index is 12.5. The van der Waals surface area contributed by atoms with E-state index in [0.29, 0.717) is 24.4 Å². The van der Waals surface area contributed by atoms with Crippen molar-refractivity contribution >= 4 is 15.9 Å². The molecule has 0 aromatic heterocycles. The van der Waals surface area contributed by atoms with Gasteiger partial charge in [-0.3, -0.25) is 4.79 Å². The summed E-state index contributed by atoms with van der Waals surface area (Å²) in [5.74, 6) is 0.198. The normalized spacial score (nSPS) is 11.5. The third-order valence-corrected chi connectivity index (χ3v) is 5.76. The molecule has 0 radical (unpaired) electrons. The summed E-state index contributed by atoms with van der Waals surface area (Å²) in [6, 6.07) is 6.77. The van der Waals surface area contributed by atoms with Crippen molar-refractivity contribution in [3.63, 3.8) is 0 Å². The van der Waals surface area contributed by atoms with Crippen LogP contribution in [0.4, 0.5) is 0 Å². The molecule has 0 saturated heterocycles. The van der Waals surface area contributed by atoms with Crippen molar-refractivity contribution in [1.29, 1.82) is 0 Å². The molecule has 6 nitrogen and oxygen atoms in total. The molecule has 25 heavy (non-hydrogen) atoms. The number of nitrogens with one attached hydrogen (secondary N) is 1. The number of carbonyl (C=O) groups excluding carboxylic acids is 1. The van der Waals surface area contributed by atoms with Crippen molar-refractivity contribution in [2.45, 2.75) is 39.5 Å². The average molecular weight is 371 g/mol. The minimum atomic E-state index is -3.36. The first-order chi connectivity index (χ1) is 11.9. The Morgan fingerprint density at radius 2 is 1.80 bits per heavy atom. The fraction of sp³-hybridized carbons (Fsp3) is 0.611. The van der Waals surface area contributed by atoms with Crippen molar-refractivity contribution in [2.75, 3.05) is 32.5 Å². The van der Waals surface area contributed by atoms with Crippen LogP contribution in [0.5, 0.6) is 5.75 Å². The van der Waals surface area contributed by atoms with Gasteiger partial charge in [0.1, 0.15) is 5.75 Å². The van der Waals surface area contributed by atoms with E-state index in [1.54, 1.807) is 28.6 Å². The number of unbranched alkanes of at least 4 members (excludes halogenated alkanes) is 2. The van der Waals surface area contributed by atoms with Crippen molar-refractivity contribution < 1.29 is 17.9 Å². The number of hydrogen-bond acceptors (Lipinski definition) is 4. The Kier molecular flexibility index (Phi) is 9.52. The predicted molar refractivity (Wildman–Crippen MR) is 101 cm³/mol. The van der Waals surface area contributed by atoms with Crippen LogP contribution in [0.1, 0.15) is 49.9 Å². The zero-order valence-corrected chi connectivity index (χ0v) is 16.3. The van der Waals surface area contributed by atoms with Gasteiger partial charge in [-0.25, -0.2) is 12.7 Å². The van der Waals surface area contributed by atoms with Crippen LogP contribution in [0.3, 0.4) is 0 Å². The number of methoxy groups -OCH3 is 1. The maximum atomic E-state index is 12.5. The van der Waals surface area contributed by atoms with Crippen LogP contribution in [0.2, 0.25) is 0 Å².